The first-order valence-electron chi connectivity index (χ1n) is 6.32. The molecule has 110 valence electrons. The zero-order chi connectivity index (χ0) is 14.7. The van der Waals surface area contributed by atoms with Crippen molar-refractivity contribution in [1.29, 1.82) is 0 Å². The van der Waals surface area contributed by atoms with Gasteiger partial charge in [0.1, 0.15) is 0 Å². The van der Waals surface area contributed by atoms with E-state index in [1.807, 2.05) is 6.92 Å². The number of nitrogens with one attached hydrogen (secondary N) is 2. The van der Waals surface area contributed by atoms with Crippen molar-refractivity contribution in [2.24, 2.45) is 0 Å². The van der Waals surface area contributed by atoms with E-state index in [2.05, 4.69) is 15.4 Å². The lowest BCUT2D eigenvalue weighted by Crippen LogP contribution is -2.44. The molecule has 0 radical (unpaired) electrons. The molecule has 7 nitrogen and oxygen atoms in total. The van der Waals surface area contributed by atoms with E-state index in [0.717, 1.165) is 6.42 Å². The molecule has 3 amide bonds. The van der Waals surface area contributed by atoms with E-state index in [9.17, 15) is 14.4 Å². The van der Waals surface area contributed by atoms with Gasteiger partial charge in [0.2, 0.25) is 5.91 Å². The Balaban J connectivity index is 3.74. The number of carbonyl (C=O) groups excluding carboxylic acids is 3. The second-order valence-corrected chi connectivity index (χ2v) is 4.22. The molecule has 0 atom stereocenters. The number of amides is 3. The lowest BCUT2D eigenvalue weighted by atomic mass is 10.3. The minimum atomic E-state index is -0.477. The Morgan fingerprint density at radius 1 is 1.26 bits per heavy atom. The van der Waals surface area contributed by atoms with Gasteiger partial charge < -0.3 is 10.1 Å². The van der Waals surface area contributed by atoms with Gasteiger partial charge in [0, 0.05) is 13.0 Å². The van der Waals surface area contributed by atoms with Gasteiger partial charge in [0.25, 0.3) is 0 Å². The molecule has 0 saturated carbocycles. The minimum absolute atomic E-state index is 0.112. The van der Waals surface area contributed by atoms with Crippen LogP contribution in [0.5, 0.6) is 0 Å². The number of carbonyl (C=O) groups is 3. The predicted molar refractivity (Wildman–Crippen MR) is 70.6 cm³/mol. The molecular weight excluding hydrogens is 250 g/mol. The maximum absolute atomic E-state index is 11.5. The average Bonchev–Trinajstić information content (AvgIpc) is 2.35. The predicted octanol–water partition coefficient (Wildman–Crippen LogP) is 0.107. The number of rotatable bonds is 8. The monoisotopic (exact) mass is 273 g/mol. The molecule has 0 unspecified atom stereocenters. The van der Waals surface area contributed by atoms with Crippen LogP contribution in [0.1, 0.15) is 26.2 Å². The van der Waals surface area contributed by atoms with Crippen LogP contribution in [0.4, 0.5) is 4.79 Å². The maximum atomic E-state index is 11.5. The molecule has 19 heavy (non-hydrogen) atoms. The Morgan fingerprint density at radius 2 is 1.95 bits per heavy atom. The molecule has 0 rings (SSSR count). The topological polar surface area (TPSA) is 87.7 Å². The van der Waals surface area contributed by atoms with Crippen molar-refractivity contribution in [3.05, 3.63) is 0 Å². The zero-order valence-corrected chi connectivity index (χ0v) is 11.8. The number of urea groups is 1. The van der Waals surface area contributed by atoms with E-state index >= 15 is 0 Å². The van der Waals surface area contributed by atoms with Crippen molar-refractivity contribution in [3.8, 4) is 0 Å². The molecule has 0 aliphatic rings. The van der Waals surface area contributed by atoms with Gasteiger partial charge in [-0.2, -0.15) is 0 Å². The summed E-state index contributed by atoms with van der Waals surface area (Å²) in [6.07, 6.45) is 1.74. The third-order valence-electron chi connectivity index (χ3n) is 2.35. The second-order valence-electron chi connectivity index (χ2n) is 4.22. The van der Waals surface area contributed by atoms with Gasteiger partial charge in [-0.05, 0) is 26.4 Å². The van der Waals surface area contributed by atoms with Crippen LogP contribution in [0.25, 0.3) is 0 Å². The van der Waals surface area contributed by atoms with E-state index in [4.69, 9.17) is 0 Å². The molecular formula is C12H23N3O4. The first-order valence-corrected chi connectivity index (χ1v) is 6.32. The van der Waals surface area contributed by atoms with Crippen LogP contribution in [-0.4, -0.2) is 56.6 Å². The van der Waals surface area contributed by atoms with Crippen molar-refractivity contribution < 1.29 is 19.1 Å². The van der Waals surface area contributed by atoms with Crippen molar-refractivity contribution >= 4 is 17.9 Å². The Bertz CT molecular complexity index is 307. The number of imide groups is 1. The minimum Gasteiger partial charge on any atom is -0.469 e. The van der Waals surface area contributed by atoms with E-state index in [0.29, 0.717) is 25.9 Å². The van der Waals surface area contributed by atoms with Gasteiger partial charge >= 0.3 is 12.0 Å². The second kappa shape index (κ2) is 10.3. The number of hydrogen-bond donors (Lipinski definition) is 2. The quantitative estimate of drug-likeness (QED) is 0.613. The Kier molecular flexibility index (Phi) is 9.42. The summed E-state index contributed by atoms with van der Waals surface area (Å²) in [7, 11) is 3.09. The summed E-state index contributed by atoms with van der Waals surface area (Å²) >= 11 is 0. The Hall–Kier alpha value is -1.63. The third-order valence-corrected chi connectivity index (χ3v) is 2.35. The number of likely N-dealkylation sites (N-methyl/N-ethyl adjacent to an activating group) is 1. The van der Waals surface area contributed by atoms with Crippen molar-refractivity contribution in [3.63, 3.8) is 0 Å². The van der Waals surface area contributed by atoms with Crippen LogP contribution in [0.2, 0.25) is 0 Å². The molecule has 0 aliphatic heterocycles. The Morgan fingerprint density at radius 3 is 2.53 bits per heavy atom. The summed E-state index contributed by atoms with van der Waals surface area (Å²) in [6.45, 7) is 3.16. The van der Waals surface area contributed by atoms with Crippen LogP contribution in [0, 0.1) is 0 Å². The standard InChI is InChI=1S/C12H23N3O4/c1-4-7-13-12(18)14-10(16)9-15(2)8-5-6-11(17)19-3/h4-9H2,1-3H3,(H2,13,14,16,18). The summed E-state index contributed by atoms with van der Waals surface area (Å²) in [5.41, 5.74) is 0. The lowest BCUT2D eigenvalue weighted by Gasteiger charge is -2.15. The highest BCUT2D eigenvalue weighted by Crippen LogP contribution is 1.94. The molecule has 0 spiro atoms. The molecule has 0 heterocycles. The summed E-state index contributed by atoms with van der Waals surface area (Å²) in [5.74, 6) is -0.633. The van der Waals surface area contributed by atoms with Crippen LogP contribution >= 0.6 is 0 Å². The highest BCUT2D eigenvalue weighted by molar-refractivity contribution is 5.95. The van der Waals surface area contributed by atoms with Gasteiger partial charge in [-0.25, -0.2) is 4.79 Å². The van der Waals surface area contributed by atoms with E-state index in [-0.39, 0.29) is 18.4 Å². The van der Waals surface area contributed by atoms with Crippen LogP contribution in [-0.2, 0) is 14.3 Å². The molecule has 0 bridgehead atoms. The number of hydrogen-bond acceptors (Lipinski definition) is 5. The average molecular weight is 273 g/mol. The molecule has 2 N–H and O–H groups in total. The fraction of sp³-hybridized carbons (Fsp3) is 0.750. The van der Waals surface area contributed by atoms with Crippen LogP contribution < -0.4 is 10.6 Å². The fourth-order valence-corrected chi connectivity index (χ4v) is 1.37. The van der Waals surface area contributed by atoms with Gasteiger partial charge in [-0.3, -0.25) is 19.8 Å². The highest BCUT2D eigenvalue weighted by atomic mass is 16.5. The number of nitrogens with zero attached hydrogens (tertiary/aromatic N) is 1. The van der Waals surface area contributed by atoms with E-state index < -0.39 is 6.03 Å². The Labute approximate surface area is 113 Å². The SMILES string of the molecule is CCCNC(=O)NC(=O)CN(C)CCCC(=O)OC. The van der Waals surface area contributed by atoms with Crippen molar-refractivity contribution in [2.45, 2.75) is 26.2 Å². The van der Waals surface area contributed by atoms with Crippen LogP contribution in [0.3, 0.4) is 0 Å². The first-order chi connectivity index (χ1) is 8.99. The summed E-state index contributed by atoms with van der Waals surface area (Å²) in [6, 6.07) is -0.477. The van der Waals surface area contributed by atoms with Crippen molar-refractivity contribution in [1.82, 2.24) is 15.5 Å². The number of methoxy groups -OCH3 is 1. The molecule has 0 aromatic rings. The smallest absolute Gasteiger partial charge is 0.321 e. The van der Waals surface area contributed by atoms with Gasteiger partial charge in [0.05, 0.1) is 13.7 Å². The maximum Gasteiger partial charge on any atom is 0.321 e. The van der Waals surface area contributed by atoms with E-state index in [1.54, 1.807) is 11.9 Å². The molecule has 0 aromatic carbocycles. The number of esters is 1. The lowest BCUT2D eigenvalue weighted by molar-refractivity contribution is -0.140. The van der Waals surface area contributed by atoms with E-state index in [1.165, 1.54) is 7.11 Å². The highest BCUT2D eigenvalue weighted by Gasteiger charge is 2.10. The van der Waals surface area contributed by atoms with Gasteiger partial charge in [-0.15, -0.1) is 0 Å². The molecule has 0 fully saturated rings. The largest absolute Gasteiger partial charge is 0.469 e. The van der Waals surface area contributed by atoms with Gasteiger partial charge in [-0.1, -0.05) is 6.92 Å². The normalized spacial score (nSPS) is 10.1. The zero-order valence-electron chi connectivity index (χ0n) is 11.8. The summed E-state index contributed by atoms with van der Waals surface area (Å²) in [4.78, 5) is 35.3. The summed E-state index contributed by atoms with van der Waals surface area (Å²) in [5, 5.41) is 4.79. The third kappa shape index (κ3) is 10.0. The van der Waals surface area contributed by atoms with Crippen molar-refractivity contribution in [2.75, 3.05) is 33.8 Å². The molecule has 0 saturated heterocycles. The van der Waals surface area contributed by atoms with Crippen LogP contribution in [0.15, 0.2) is 0 Å². The molecule has 7 heteroatoms. The fourth-order valence-electron chi connectivity index (χ4n) is 1.37. The van der Waals surface area contributed by atoms with Gasteiger partial charge in [0.15, 0.2) is 0 Å². The first kappa shape index (κ1) is 17.4. The number of ether oxygens (including phenoxy) is 1. The molecule has 0 aliphatic carbocycles. The molecule has 0 aromatic heterocycles. The summed E-state index contributed by atoms with van der Waals surface area (Å²) < 4.78 is 4.51.